The lowest BCUT2D eigenvalue weighted by Crippen LogP contribution is -2.08. The van der Waals surface area contributed by atoms with Crippen LogP contribution in [0.3, 0.4) is 0 Å². The van der Waals surface area contributed by atoms with Gasteiger partial charge in [-0.3, -0.25) is 0 Å². The van der Waals surface area contributed by atoms with Gasteiger partial charge in [-0.1, -0.05) is 6.07 Å². The molecule has 0 spiro atoms. The van der Waals surface area contributed by atoms with E-state index >= 15 is 0 Å². The molecule has 2 nitrogen and oxygen atoms in total. The van der Waals surface area contributed by atoms with Crippen LogP contribution in [0.15, 0.2) is 16.6 Å². The van der Waals surface area contributed by atoms with Crippen molar-refractivity contribution in [3.63, 3.8) is 0 Å². The second-order valence-electron chi connectivity index (χ2n) is 3.81. The van der Waals surface area contributed by atoms with E-state index in [2.05, 4.69) is 15.9 Å². The molecule has 1 N–H and O–H groups in total. The smallest absolute Gasteiger partial charge is 0.133 e. The van der Waals surface area contributed by atoms with E-state index in [4.69, 9.17) is 4.74 Å². The SMILES string of the molecule is COc1ccc(C)c(C2(O)CC2)c1Br. The molecule has 1 aliphatic rings. The molecule has 0 aliphatic heterocycles. The minimum absolute atomic E-state index is 0.614. The van der Waals surface area contributed by atoms with E-state index in [0.29, 0.717) is 0 Å². The van der Waals surface area contributed by atoms with Gasteiger partial charge < -0.3 is 9.84 Å². The highest BCUT2D eigenvalue weighted by Gasteiger charge is 2.45. The van der Waals surface area contributed by atoms with Gasteiger partial charge in [0.05, 0.1) is 17.2 Å². The fourth-order valence-electron chi connectivity index (χ4n) is 1.75. The number of methoxy groups -OCH3 is 1. The summed E-state index contributed by atoms with van der Waals surface area (Å²) >= 11 is 3.48. The average Bonchev–Trinajstić information content (AvgIpc) is 2.85. The molecule has 0 unspecified atom stereocenters. The van der Waals surface area contributed by atoms with E-state index < -0.39 is 5.60 Å². The molecule has 0 bridgehead atoms. The van der Waals surface area contributed by atoms with Crippen LogP contribution in [0.5, 0.6) is 5.75 Å². The molecule has 1 aromatic carbocycles. The molecule has 0 saturated heterocycles. The van der Waals surface area contributed by atoms with Crippen molar-refractivity contribution in [1.82, 2.24) is 0 Å². The molecule has 76 valence electrons. The van der Waals surface area contributed by atoms with Crippen molar-refractivity contribution in [1.29, 1.82) is 0 Å². The summed E-state index contributed by atoms with van der Waals surface area (Å²) in [5.41, 5.74) is 1.48. The van der Waals surface area contributed by atoms with Crippen LogP contribution in [0, 0.1) is 6.92 Å². The maximum atomic E-state index is 10.1. The van der Waals surface area contributed by atoms with Crippen LogP contribution in [0.1, 0.15) is 24.0 Å². The average molecular weight is 257 g/mol. The summed E-state index contributed by atoms with van der Waals surface area (Å²) in [4.78, 5) is 0. The first-order valence-corrected chi connectivity index (χ1v) is 5.44. The van der Waals surface area contributed by atoms with Crippen LogP contribution in [0.25, 0.3) is 0 Å². The second kappa shape index (κ2) is 3.24. The van der Waals surface area contributed by atoms with E-state index in [9.17, 15) is 5.11 Å². The van der Waals surface area contributed by atoms with Gasteiger partial charge in [-0.15, -0.1) is 0 Å². The fraction of sp³-hybridized carbons (Fsp3) is 0.455. The molecule has 0 aromatic heterocycles. The van der Waals surface area contributed by atoms with Crippen LogP contribution in [0.4, 0.5) is 0 Å². The van der Waals surface area contributed by atoms with Gasteiger partial charge in [-0.25, -0.2) is 0 Å². The van der Waals surface area contributed by atoms with Crippen molar-refractivity contribution in [2.45, 2.75) is 25.4 Å². The van der Waals surface area contributed by atoms with Crippen LogP contribution in [0.2, 0.25) is 0 Å². The van der Waals surface area contributed by atoms with Crippen molar-refractivity contribution in [3.8, 4) is 5.75 Å². The predicted molar refractivity (Wildman–Crippen MR) is 58.6 cm³/mol. The number of hydrogen-bond acceptors (Lipinski definition) is 2. The molecule has 0 heterocycles. The van der Waals surface area contributed by atoms with Crippen molar-refractivity contribution in [3.05, 3.63) is 27.7 Å². The van der Waals surface area contributed by atoms with Crippen molar-refractivity contribution in [2.24, 2.45) is 0 Å². The zero-order valence-electron chi connectivity index (χ0n) is 8.30. The normalized spacial score (nSPS) is 18.0. The zero-order chi connectivity index (χ0) is 10.3. The molecule has 1 aromatic rings. The minimum atomic E-state index is -0.614. The second-order valence-corrected chi connectivity index (χ2v) is 4.60. The third kappa shape index (κ3) is 1.44. The van der Waals surface area contributed by atoms with E-state index in [1.165, 1.54) is 0 Å². The van der Waals surface area contributed by atoms with Gasteiger partial charge >= 0.3 is 0 Å². The molecule has 14 heavy (non-hydrogen) atoms. The number of aryl methyl sites for hydroxylation is 1. The monoisotopic (exact) mass is 256 g/mol. The summed E-state index contributed by atoms with van der Waals surface area (Å²) in [6.45, 7) is 2.01. The summed E-state index contributed by atoms with van der Waals surface area (Å²) in [6.07, 6.45) is 1.69. The van der Waals surface area contributed by atoms with Gasteiger partial charge in [0.2, 0.25) is 0 Å². The standard InChI is InChI=1S/C11H13BrO2/c1-7-3-4-8(14-2)10(12)9(7)11(13)5-6-11/h3-4,13H,5-6H2,1-2H3. The lowest BCUT2D eigenvalue weighted by Gasteiger charge is -2.16. The first-order valence-electron chi connectivity index (χ1n) is 4.64. The number of ether oxygens (including phenoxy) is 1. The van der Waals surface area contributed by atoms with Crippen molar-refractivity contribution >= 4 is 15.9 Å². The maximum absolute atomic E-state index is 10.1. The Balaban J connectivity index is 2.56. The maximum Gasteiger partial charge on any atom is 0.133 e. The van der Waals surface area contributed by atoms with Gasteiger partial charge in [0.15, 0.2) is 0 Å². The molecular weight excluding hydrogens is 244 g/mol. The third-order valence-electron chi connectivity index (χ3n) is 2.72. The molecule has 0 amide bonds. The first kappa shape index (κ1) is 9.99. The lowest BCUT2D eigenvalue weighted by molar-refractivity contribution is 0.149. The highest BCUT2D eigenvalue weighted by Crippen LogP contribution is 2.51. The Morgan fingerprint density at radius 1 is 1.43 bits per heavy atom. The van der Waals surface area contributed by atoms with Gasteiger partial charge in [0, 0.05) is 5.56 Å². The van der Waals surface area contributed by atoms with Gasteiger partial charge in [0.25, 0.3) is 0 Å². The predicted octanol–water partition coefficient (Wildman–Crippen LogP) is 2.75. The Morgan fingerprint density at radius 3 is 2.57 bits per heavy atom. The number of benzene rings is 1. The van der Waals surface area contributed by atoms with E-state index in [1.807, 2.05) is 19.1 Å². The highest BCUT2D eigenvalue weighted by molar-refractivity contribution is 9.10. The van der Waals surface area contributed by atoms with Crippen LogP contribution in [-0.4, -0.2) is 12.2 Å². The van der Waals surface area contributed by atoms with Gasteiger partial charge in [0.1, 0.15) is 5.75 Å². The van der Waals surface area contributed by atoms with E-state index in [0.717, 1.165) is 34.2 Å². The Kier molecular flexibility index (Phi) is 2.32. The quantitative estimate of drug-likeness (QED) is 0.882. The highest BCUT2D eigenvalue weighted by atomic mass is 79.9. The summed E-state index contributed by atoms with van der Waals surface area (Å²) in [5.74, 6) is 0.783. The molecular formula is C11H13BrO2. The number of aliphatic hydroxyl groups is 1. The number of hydrogen-bond donors (Lipinski definition) is 1. The molecule has 0 radical (unpaired) electrons. The van der Waals surface area contributed by atoms with Crippen molar-refractivity contribution in [2.75, 3.05) is 7.11 Å². The van der Waals surface area contributed by atoms with Gasteiger partial charge in [-0.2, -0.15) is 0 Å². The van der Waals surface area contributed by atoms with Crippen LogP contribution in [-0.2, 0) is 5.60 Å². The minimum Gasteiger partial charge on any atom is -0.496 e. The Morgan fingerprint density at radius 2 is 2.07 bits per heavy atom. The zero-order valence-corrected chi connectivity index (χ0v) is 9.89. The molecule has 0 atom stereocenters. The van der Waals surface area contributed by atoms with Crippen molar-refractivity contribution < 1.29 is 9.84 Å². The summed E-state index contributed by atoms with van der Waals surface area (Å²) in [6, 6.07) is 3.89. The summed E-state index contributed by atoms with van der Waals surface area (Å²) < 4.78 is 6.09. The van der Waals surface area contributed by atoms with E-state index in [-0.39, 0.29) is 0 Å². The summed E-state index contributed by atoms with van der Waals surface area (Å²) in [5, 5.41) is 10.1. The lowest BCUT2D eigenvalue weighted by atomic mass is 10.0. The Hall–Kier alpha value is -0.540. The van der Waals surface area contributed by atoms with E-state index in [1.54, 1.807) is 7.11 Å². The largest absolute Gasteiger partial charge is 0.496 e. The van der Waals surface area contributed by atoms with Crippen LogP contribution >= 0.6 is 15.9 Å². The Labute approximate surface area is 92.0 Å². The fourth-order valence-corrected chi connectivity index (χ4v) is 2.73. The molecule has 1 aliphatic carbocycles. The number of halogens is 1. The third-order valence-corrected chi connectivity index (χ3v) is 3.51. The first-order chi connectivity index (χ1) is 6.58. The molecule has 1 fully saturated rings. The molecule has 3 heteroatoms. The van der Waals surface area contributed by atoms with Crippen LogP contribution < -0.4 is 4.74 Å². The molecule has 1 saturated carbocycles. The summed E-state index contributed by atoms with van der Waals surface area (Å²) in [7, 11) is 1.64. The topological polar surface area (TPSA) is 29.5 Å². The molecule has 2 rings (SSSR count). The Bertz CT molecular complexity index is 370. The van der Waals surface area contributed by atoms with Gasteiger partial charge in [-0.05, 0) is 47.3 Å². The number of rotatable bonds is 2.